The van der Waals surface area contributed by atoms with Crippen molar-refractivity contribution < 1.29 is 17.9 Å². The van der Waals surface area contributed by atoms with Crippen LogP contribution in [0.5, 0.6) is 5.75 Å². The molecule has 0 aliphatic carbocycles. The number of ether oxygens (including phenoxy) is 1. The lowest BCUT2D eigenvalue weighted by atomic mass is 10.2. The lowest BCUT2D eigenvalue weighted by molar-refractivity contribution is 0.131. The zero-order valence-corrected chi connectivity index (χ0v) is 13.4. The SMILES string of the molecule is CC(C)n1nc(-c2ccc(OC/C(=C\F)CN)cc2)nc1C(F)F. The summed E-state index contributed by atoms with van der Waals surface area (Å²) in [6.07, 6.45) is -2.28. The first kappa shape index (κ1) is 18.0. The van der Waals surface area contributed by atoms with Gasteiger partial charge in [0, 0.05) is 23.7 Å². The molecule has 8 heteroatoms. The summed E-state index contributed by atoms with van der Waals surface area (Å²) in [4.78, 5) is 3.92. The van der Waals surface area contributed by atoms with Gasteiger partial charge in [0.1, 0.15) is 12.4 Å². The number of rotatable bonds is 7. The largest absolute Gasteiger partial charge is 0.489 e. The van der Waals surface area contributed by atoms with Crippen LogP contribution in [-0.2, 0) is 0 Å². The highest BCUT2D eigenvalue weighted by molar-refractivity contribution is 5.56. The van der Waals surface area contributed by atoms with E-state index in [9.17, 15) is 13.2 Å². The Hall–Kier alpha value is -2.35. The highest BCUT2D eigenvalue weighted by atomic mass is 19.3. The summed E-state index contributed by atoms with van der Waals surface area (Å²) in [6.45, 7) is 3.63. The molecule has 2 rings (SSSR count). The highest BCUT2D eigenvalue weighted by Gasteiger charge is 2.21. The molecule has 0 aliphatic rings. The molecule has 1 aromatic heterocycles. The summed E-state index contributed by atoms with van der Waals surface area (Å²) in [7, 11) is 0. The van der Waals surface area contributed by atoms with Crippen LogP contribution in [-0.4, -0.2) is 27.9 Å². The molecule has 0 saturated carbocycles. The number of benzene rings is 1. The summed E-state index contributed by atoms with van der Waals surface area (Å²) < 4.78 is 45.1. The first-order valence-corrected chi connectivity index (χ1v) is 7.42. The van der Waals surface area contributed by atoms with E-state index in [4.69, 9.17) is 10.5 Å². The van der Waals surface area contributed by atoms with Gasteiger partial charge in [-0.1, -0.05) is 0 Å². The Labute approximate surface area is 137 Å². The van der Waals surface area contributed by atoms with E-state index in [-0.39, 0.29) is 30.8 Å². The third-order valence-electron chi connectivity index (χ3n) is 3.30. The van der Waals surface area contributed by atoms with Crippen LogP contribution in [0, 0.1) is 0 Å². The minimum absolute atomic E-state index is 0.0438. The maximum Gasteiger partial charge on any atom is 0.297 e. The summed E-state index contributed by atoms with van der Waals surface area (Å²) in [5.74, 6) is 0.363. The molecule has 0 saturated heterocycles. The minimum Gasteiger partial charge on any atom is -0.489 e. The van der Waals surface area contributed by atoms with E-state index in [1.54, 1.807) is 38.1 Å². The van der Waals surface area contributed by atoms with E-state index in [0.717, 1.165) is 0 Å². The molecule has 0 amide bonds. The van der Waals surface area contributed by atoms with Gasteiger partial charge in [0.25, 0.3) is 6.43 Å². The number of hydrogen-bond acceptors (Lipinski definition) is 4. The van der Waals surface area contributed by atoms with Crippen molar-refractivity contribution in [2.24, 2.45) is 5.73 Å². The van der Waals surface area contributed by atoms with Crippen molar-refractivity contribution in [3.8, 4) is 17.1 Å². The molecule has 2 aromatic rings. The predicted octanol–water partition coefficient (Wildman–Crippen LogP) is 3.65. The van der Waals surface area contributed by atoms with Gasteiger partial charge in [0.05, 0.1) is 6.33 Å². The Kier molecular flexibility index (Phi) is 5.97. The highest BCUT2D eigenvalue weighted by Crippen LogP contribution is 2.25. The molecule has 0 bridgehead atoms. The van der Waals surface area contributed by atoms with Crippen molar-refractivity contribution in [3.05, 3.63) is 42.0 Å². The van der Waals surface area contributed by atoms with Crippen molar-refractivity contribution in [2.75, 3.05) is 13.2 Å². The third kappa shape index (κ3) is 4.14. The summed E-state index contributed by atoms with van der Waals surface area (Å²) >= 11 is 0. The predicted molar refractivity (Wildman–Crippen MR) is 84.5 cm³/mol. The first-order valence-electron chi connectivity index (χ1n) is 7.42. The lowest BCUT2D eigenvalue weighted by Gasteiger charge is -2.08. The Morgan fingerprint density at radius 2 is 1.96 bits per heavy atom. The number of aromatic nitrogens is 3. The molecular weight excluding hydrogens is 321 g/mol. The second-order valence-electron chi connectivity index (χ2n) is 5.42. The van der Waals surface area contributed by atoms with Crippen molar-refractivity contribution >= 4 is 0 Å². The van der Waals surface area contributed by atoms with E-state index >= 15 is 0 Å². The van der Waals surface area contributed by atoms with E-state index in [1.165, 1.54) is 4.68 Å². The van der Waals surface area contributed by atoms with Crippen LogP contribution in [0.25, 0.3) is 11.4 Å². The van der Waals surface area contributed by atoms with Crippen LogP contribution in [0.2, 0.25) is 0 Å². The number of nitrogens with two attached hydrogens (primary N) is 1. The molecule has 0 aliphatic heterocycles. The Balaban J connectivity index is 2.17. The quantitative estimate of drug-likeness (QED) is 0.835. The zero-order chi connectivity index (χ0) is 17.7. The van der Waals surface area contributed by atoms with Crippen LogP contribution < -0.4 is 10.5 Å². The topological polar surface area (TPSA) is 66.0 Å². The van der Waals surface area contributed by atoms with Gasteiger partial charge >= 0.3 is 0 Å². The molecule has 130 valence electrons. The van der Waals surface area contributed by atoms with E-state index in [0.29, 0.717) is 23.2 Å². The smallest absolute Gasteiger partial charge is 0.297 e. The average Bonchev–Trinajstić information content (AvgIpc) is 3.02. The Bertz CT molecular complexity index is 670. The molecule has 0 radical (unpaired) electrons. The van der Waals surface area contributed by atoms with Crippen molar-refractivity contribution in [1.82, 2.24) is 14.8 Å². The fourth-order valence-corrected chi connectivity index (χ4v) is 2.00. The molecule has 0 spiro atoms. The molecule has 0 atom stereocenters. The van der Waals surface area contributed by atoms with Crippen molar-refractivity contribution in [2.45, 2.75) is 26.3 Å². The third-order valence-corrected chi connectivity index (χ3v) is 3.30. The molecule has 24 heavy (non-hydrogen) atoms. The van der Waals surface area contributed by atoms with Gasteiger partial charge in [0.15, 0.2) is 11.6 Å². The number of alkyl halides is 2. The fraction of sp³-hybridized carbons (Fsp3) is 0.375. The summed E-state index contributed by atoms with van der Waals surface area (Å²) in [5.41, 5.74) is 6.26. The van der Waals surface area contributed by atoms with Crippen molar-refractivity contribution in [3.63, 3.8) is 0 Å². The molecule has 2 N–H and O–H groups in total. The normalized spacial score (nSPS) is 12.2. The van der Waals surface area contributed by atoms with E-state index in [1.807, 2.05) is 0 Å². The molecule has 1 aromatic carbocycles. The van der Waals surface area contributed by atoms with Gasteiger partial charge in [-0.15, -0.1) is 0 Å². The molecule has 0 unspecified atom stereocenters. The van der Waals surface area contributed by atoms with Gasteiger partial charge in [-0.05, 0) is 38.1 Å². The fourth-order valence-electron chi connectivity index (χ4n) is 2.00. The Morgan fingerprint density at radius 1 is 1.29 bits per heavy atom. The van der Waals surface area contributed by atoms with Gasteiger partial charge in [-0.25, -0.2) is 22.8 Å². The molecular formula is C16H19F3N4O. The van der Waals surface area contributed by atoms with Crippen LogP contribution in [0.4, 0.5) is 13.2 Å². The number of nitrogens with zero attached hydrogens (tertiary/aromatic N) is 3. The van der Waals surface area contributed by atoms with Crippen molar-refractivity contribution in [1.29, 1.82) is 0 Å². The van der Waals surface area contributed by atoms with E-state index < -0.39 is 6.43 Å². The second kappa shape index (κ2) is 7.96. The van der Waals surface area contributed by atoms with Gasteiger partial charge in [0.2, 0.25) is 0 Å². The standard InChI is InChI=1S/C16H19F3N4O/c1-10(2)23-16(14(18)19)21-15(22-23)12-3-5-13(6-4-12)24-9-11(7-17)8-20/h3-7,10,14H,8-9,20H2,1-2H3/b11-7-. The first-order chi connectivity index (χ1) is 11.5. The monoisotopic (exact) mass is 340 g/mol. The van der Waals surface area contributed by atoms with E-state index in [2.05, 4.69) is 10.1 Å². The number of hydrogen-bond donors (Lipinski definition) is 1. The lowest BCUT2D eigenvalue weighted by Crippen LogP contribution is -2.10. The minimum atomic E-state index is -2.70. The van der Waals surface area contributed by atoms with Gasteiger partial charge in [-0.2, -0.15) is 5.10 Å². The molecule has 5 nitrogen and oxygen atoms in total. The average molecular weight is 340 g/mol. The number of halogens is 3. The van der Waals surface area contributed by atoms with Crippen LogP contribution in [0.15, 0.2) is 36.2 Å². The molecule has 1 heterocycles. The van der Waals surface area contributed by atoms with Crippen LogP contribution in [0.1, 0.15) is 32.1 Å². The van der Waals surface area contributed by atoms with Gasteiger partial charge < -0.3 is 10.5 Å². The van der Waals surface area contributed by atoms with Gasteiger partial charge in [-0.3, -0.25) is 0 Å². The summed E-state index contributed by atoms with van der Waals surface area (Å²) in [5, 5.41) is 4.14. The maximum absolute atomic E-state index is 13.0. The van der Waals surface area contributed by atoms with Crippen LogP contribution in [0.3, 0.4) is 0 Å². The second-order valence-corrected chi connectivity index (χ2v) is 5.42. The maximum atomic E-state index is 13.0. The van der Waals surface area contributed by atoms with Crippen LogP contribution >= 0.6 is 0 Å². The Morgan fingerprint density at radius 3 is 2.42 bits per heavy atom. The zero-order valence-electron chi connectivity index (χ0n) is 13.4. The molecule has 0 fully saturated rings. The summed E-state index contributed by atoms with van der Waals surface area (Å²) in [6, 6.07) is 6.37.